The van der Waals surface area contributed by atoms with Gasteiger partial charge in [0, 0.05) is 25.8 Å². The van der Waals surface area contributed by atoms with Crippen molar-refractivity contribution < 1.29 is 9.47 Å². The second-order valence-corrected chi connectivity index (χ2v) is 4.53. The van der Waals surface area contributed by atoms with E-state index < -0.39 is 0 Å². The van der Waals surface area contributed by atoms with Gasteiger partial charge in [-0.3, -0.25) is 0 Å². The standard InChI is InChI=1S/C12H18ClN3O2/c1-2-17-8-12-15-10(13)6-11(16-12)14-7-9-4-3-5-18-9/h6,9H,2-5,7-8H2,1H3,(H,14,15,16). The number of hydrogen-bond acceptors (Lipinski definition) is 5. The number of ether oxygens (including phenoxy) is 2. The van der Waals surface area contributed by atoms with Gasteiger partial charge in [0.15, 0.2) is 5.82 Å². The molecule has 0 aliphatic carbocycles. The van der Waals surface area contributed by atoms with Crippen LogP contribution < -0.4 is 5.32 Å². The fraction of sp³-hybridized carbons (Fsp3) is 0.667. The predicted molar refractivity (Wildman–Crippen MR) is 69.8 cm³/mol. The first kappa shape index (κ1) is 13.5. The summed E-state index contributed by atoms with van der Waals surface area (Å²) in [5, 5.41) is 3.65. The van der Waals surface area contributed by atoms with Crippen LogP contribution in [0, 0.1) is 0 Å². The van der Waals surface area contributed by atoms with E-state index in [0.29, 0.717) is 24.2 Å². The highest BCUT2D eigenvalue weighted by Crippen LogP contribution is 2.15. The number of nitrogens with one attached hydrogen (secondary N) is 1. The van der Waals surface area contributed by atoms with Crippen LogP contribution >= 0.6 is 11.6 Å². The summed E-state index contributed by atoms with van der Waals surface area (Å²) in [4.78, 5) is 8.45. The van der Waals surface area contributed by atoms with E-state index in [1.54, 1.807) is 6.07 Å². The van der Waals surface area contributed by atoms with Crippen LogP contribution in [0.1, 0.15) is 25.6 Å². The molecule has 0 amide bonds. The lowest BCUT2D eigenvalue weighted by Gasteiger charge is -2.12. The number of hydrogen-bond donors (Lipinski definition) is 1. The third-order valence-corrected chi connectivity index (χ3v) is 2.90. The number of aromatic nitrogens is 2. The molecule has 1 fully saturated rings. The second-order valence-electron chi connectivity index (χ2n) is 4.15. The first-order valence-electron chi connectivity index (χ1n) is 6.24. The molecule has 1 saturated heterocycles. The van der Waals surface area contributed by atoms with Crippen LogP contribution in [-0.4, -0.2) is 35.8 Å². The van der Waals surface area contributed by atoms with Crippen molar-refractivity contribution >= 4 is 17.4 Å². The Kier molecular flexibility index (Phi) is 5.16. The number of nitrogens with zero attached hydrogens (tertiary/aromatic N) is 2. The van der Waals surface area contributed by atoms with Gasteiger partial charge >= 0.3 is 0 Å². The summed E-state index contributed by atoms with van der Waals surface area (Å²) < 4.78 is 10.8. The monoisotopic (exact) mass is 271 g/mol. The summed E-state index contributed by atoms with van der Waals surface area (Å²) in [5.74, 6) is 1.32. The molecule has 0 radical (unpaired) electrons. The molecule has 0 bridgehead atoms. The molecule has 1 aromatic heterocycles. The highest BCUT2D eigenvalue weighted by Gasteiger charge is 2.15. The third kappa shape index (κ3) is 4.08. The van der Waals surface area contributed by atoms with E-state index in [4.69, 9.17) is 21.1 Å². The van der Waals surface area contributed by atoms with Crippen molar-refractivity contribution in [3.05, 3.63) is 17.0 Å². The topological polar surface area (TPSA) is 56.3 Å². The van der Waals surface area contributed by atoms with Crippen molar-refractivity contribution in [1.29, 1.82) is 0 Å². The van der Waals surface area contributed by atoms with Crippen LogP contribution in [0.15, 0.2) is 6.07 Å². The van der Waals surface area contributed by atoms with Crippen LogP contribution in [-0.2, 0) is 16.1 Å². The number of anilines is 1. The zero-order valence-corrected chi connectivity index (χ0v) is 11.2. The van der Waals surface area contributed by atoms with Crippen molar-refractivity contribution in [3.63, 3.8) is 0 Å². The maximum atomic E-state index is 5.95. The van der Waals surface area contributed by atoms with Crippen molar-refractivity contribution in [2.45, 2.75) is 32.5 Å². The molecule has 2 heterocycles. The van der Waals surface area contributed by atoms with Gasteiger partial charge < -0.3 is 14.8 Å². The van der Waals surface area contributed by atoms with Gasteiger partial charge in [-0.05, 0) is 19.8 Å². The smallest absolute Gasteiger partial charge is 0.158 e. The van der Waals surface area contributed by atoms with E-state index in [9.17, 15) is 0 Å². The molecule has 1 unspecified atom stereocenters. The molecule has 6 heteroatoms. The minimum Gasteiger partial charge on any atom is -0.376 e. The van der Waals surface area contributed by atoms with Crippen molar-refractivity contribution in [1.82, 2.24) is 9.97 Å². The first-order chi connectivity index (χ1) is 8.78. The summed E-state index contributed by atoms with van der Waals surface area (Å²) >= 11 is 5.95. The average Bonchev–Trinajstić information content (AvgIpc) is 2.86. The summed E-state index contributed by atoms with van der Waals surface area (Å²) in [6, 6.07) is 1.71. The van der Waals surface area contributed by atoms with Gasteiger partial charge in [-0.1, -0.05) is 11.6 Å². The molecule has 18 heavy (non-hydrogen) atoms. The molecule has 2 rings (SSSR count). The van der Waals surface area contributed by atoms with Gasteiger partial charge in [0.05, 0.1) is 6.10 Å². The highest BCUT2D eigenvalue weighted by atomic mass is 35.5. The maximum Gasteiger partial charge on any atom is 0.158 e. The highest BCUT2D eigenvalue weighted by molar-refractivity contribution is 6.29. The van der Waals surface area contributed by atoms with E-state index in [-0.39, 0.29) is 6.10 Å². The van der Waals surface area contributed by atoms with Crippen molar-refractivity contribution in [2.75, 3.05) is 25.1 Å². The van der Waals surface area contributed by atoms with Gasteiger partial charge in [-0.2, -0.15) is 0 Å². The molecule has 0 spiro atoms. The summed E-state index contributed by atoms with van der Waals surface area (Å²) in [7, 11) is 0. The van der Waals surface area contributed by atoms with Crippen LogP contribution in [0.25, 0.3) is 0 Å². The number of halogens is 1. The molecule has 0 aromatic carbocycles. The second kappa shape index (κ2) is 6.87. The van der Waals surface area contributed by atoms with E-state index in [2.05, 4.69) is 15.3 Å². The Bertz CT molecular complexity index is 384. The Morgan fingerprint density at radius 1 is 1.56 bits per heavy atom. The molecular weight excluding hydrogens is 254 g/mol. The normalized spacial score (nSPS) is 19.1. The molecule has 1 aliphatic heterocycles. The van der Waals surface area contributed by atoms with E-state index >= 15 is 0 Å². The predicted octanol–water partition coefficient (Wildman–Crippen LogP) is 2.26. The van der Waals surface area contributed by atoms with E-state index in [0.717, 1.165) is 31.8 Å². The lowest BCUT2D eigenvalue weighted by molar-refractivity contribution is 0.120. The zero-order valence-electron chi connectivity index (χ0n) is 10.5. The number of rotatable bonds is 6. The largest absolute Gasteiger partial charge is 0.376 e. The summed E-state index contributed by atoms with van der Waals surface area (Å²) in [6.07, 6.45) is 2.50. The maximum absolute atomic E-state index is 5.95. The Labute approximate surface area is 112 Å². The molecule has 1 atom stereocenters. The van der Waals surface area contributed by atoms with Gasteiger partial charge in [-0.25, -0.2) is 9.97 Å². The molecular formula is C12H18ClN3O2. The average molecular weight is 272 g/mol. The lowest BCUT2D eigenvalue weighted by atomic mass is 10.2. The van der Waals surface area contributed by atoms with Crippen LogP contribution in [0.3, 0.4) is 0 Å². The molecule has 1 N–H and O–H groups in total. The molecule has 1 aliphatic rings. The quantitative estimate of drug-likeness (QED) is 0.805. The lowest BCUT2D eigenvalue weighted by Crippen LogP contribution is -2.19. The molecule has 0 saturated carbocycles. The minimum absolute atomic E-state index is 0.272. The van der Waals surface area contributed by atoms with E-state index in [1.165, 1.54) is 0 Å². The minimum atomic E-state index is 0.272. The van der Waals surface area contributed by atoms with Crippen LogP contribution in [0.2, 0.25) is 5.15 Å². The van der Waals surface area contributed by atoms with Gasteiger partial charge in [-0.15, -0.1) is 0 Å². The fourth-order valence-corrected chi connectivity index (χ4v) is 2.04. The summed E-state index contributed by atoms with van der Waals surface area (Å²) in [6.45, 7) is 4.55. The SMILES string of the molecule is CCOCc1nc(Cl)cc(NCC2CCCO2)n1. The van der Waals surface area contributed by atoms with Gasteiger partial charge in [0.1, 0.15) is 17.6 Å². The van der Waals surface area contributed by atoms with E-state index in [1.807, 2.05) is 6.92 Å². The zero-order chi connectivity index (χ0) is 12.8. The fourth-order valence-electron chi connectivity index (χ4n) is 1.84. The Morgan fingerprint density at radius 2 is 2.44 bits per heavy atom. The van der Waals surface area contributed by atoms with Crippen LogP contribution in [0.4, 0.5) is 5.82 Å². The Morgan fingerprint density at radius 3 is 3.17 bits per heavy atom. The third-order valence-electron chi connectivity index (χ3n) is 2.71. The Balaban J connectivity index is 1.91. The van der Waals surface area contributed by atoms with Gasteiger partial charge in [0.2, 0.25) is 0 Å². The van der Waals surface area contributed by atoms with Gasteiger partial charge in [0.25, 0.3) is 0 Å². The Hall–Kier alpha value is -0.910. The first-order valence-corrected chi connectivity index (χ1v) is 6.62. The summed E-state index contributed by atoms with van der Waals surface area (Å²) in [5.41, 5.74) is 0. The van der Waals surface area contributed by atoms with Crippen molar-refractivity contribution in [2.24, 2.45) is 0 Å². The molecule has 1 aromatic rings. The van der Waals surface area contributed by atoms with Crippen LogP contribution in [0.5, 0.6) is 0 Å². The molecule has 100 valence electrons. The van der Waals surface area contributed by atoms with Crippen molar-refractivity contribution in [3.8, 4) is 0 Å². The molecule has 5 nitrogen and oxygen atoms in total.